The van der Waals surface area contributed by atoms with Crippen LogP contribution in [-0.2, 0) is 9.47 Å². The van der Waals surface area contributed by atoms with E-state index in [-0.39, 0.29) is 12.1 Å². The Kier molecular flexibility index (Phi) is 5.21. The lowest BCUT2D eigenvalue weighted by atomic mass is 9.87. The van der Waals surface area contributed by atoms with Crippen molar-refractivity contribution in [3.8, 4) is 0 Å². The number of carbonyl (C=O) groups excluding carboxylic acids is 1. The molecule has 0 radical (unpaired) electrons. The topological polar surface area (TPSA) is 59.6 Å². The Hall–Kier alpha value is -0.810. The molecule has 17 heavy (non-hydrogen) atoms. The highest BCUT2D eigenvalue weighted by atomic mass is 16.6. The molecule has 0 atom stereocenters. The number of carbonyl (C=O) groups is 1. The van der Waals surface area contributed by atoms with Gasteiger partial charge in [0.05, 0.1) is 6.61 Å². The Labute approximate surface area is 103 Å². The predicted molar refractivity (Wildman–Crippen MR) is 66.1 cm³/mol. The lowest BCUT2D eigenvalue weighted by Gasteiger charge is -2.36. The zero-order valence-corrected chi connectivity index (χ0v) is 11.2. The molecule has 0 aliphatic heterocycles. The van der Waals surface area contributed by atoms with Crippen molar-refractivity contribution in [3.63, 3.8) is 0 Å². The molecule has 0 aromatic rings. The van der Waals surface area contributed by atoms with E-state index in [1.54, 1.807) is 7.11 Å². The summed E-state index contributed by atoms with van der Waals surface area (Å²) in [5.74, 6) is 0. The first-order valence-electron chi connectivity index (χ1n) is 6.12. The van der Waals surface area contributed by atoms with Crippen molar-refractivity contribution in [2.24, 2.45) is 0 Å². The van der Waals surface area contributed by atoms with Crippen LogP contribution in [-0.4, -0.2) is 44.0 Å². The van der Waals surface area contributed by atoms with Gasteiger partial charge in [0, 0.05) is 25.7 Å². The zero-order chi connectivity index (χ0) is 12.9. The standard InChI is InChI=1S/C12H24N2O3/c1-12(2,3)17-11(15)14-10-7-9(8-10)13-5-6-16-4/h9-10,13H,5-8H2,1-4H3,(H,14,15). The lowest BCUT2D eigenvalue weighted by molar-refractivity contribution is 0.0463. The van der Waals surface area contributed by atoms with Crippen LogP contribution >= 0.6 is 0 Å². The summed E-state index contributed by atoms with van der Waals surface area (Å²) >= 11 is 0. The number of methoxy groups -OCH3 is 1. The molecule has 0 aromatic heterocycles. The first kappa shape index (κ1) is 14.3. The fraction of sp³-hybridized carbons (Fsp3) is 0.917. The molecule has 0 saturated heterocycles. The van der Waals surface area contributed by atoms with E-state index >= 15 is 0 Å². The number of rotatable bonds is 5. The van der Waals surface area contributed by atoms with Crippen LogP contribution in [0.2, 0.25) is 0 Å². The minimum absolute atomic E-state index is 0.241. The molecule has 5 nitrogen and oxygen atoms in total. The number of nitrogens with one attached hydrogen (secondary N) is 2. The van der Waals surface area contributed by atoms with Gasteiger partial charge in [-0.25, -0.2) is 4.79 Å². The van der Waals surface area contributed by atoms with Gasteiger partial charge in [0.15, 0.2) is 0 Å². The Bertz CT molecular complexity index is 245. The van der Waals surface area contributed by atoms with Gasteiger partial charge in [-0.3, -0.25) is 0 Å². The Morgan fingerprint density at radius 2 is 1.94 bits per heavy atom. The highest BCUT2D eigenvalue weighted by molar-refractivity contribution is 5.68. The highest BCUT2D eigenvalue weighted by Crippen LogP contribution is 2.20. The monoisotopic (exact) mass is 244 g/mol. The van der Waals surface area contributed by atoms with Crippen LogP contribution in [0.15, 0.2) is 0 Å². The maximum Gasteiger partial charge on any atom is 0.407 e. The van der Waals surface area contributed by atoms with Crippen LogP contribution in [0.4, 0.5) is 4.79 Å². The smallest absolute Gasteiger partial charge is 0.407 e. The van der Waals surface area contributed by atoms with Gasteiger partial charge in [0.1, 0.15) is 5.60 Å². The molecule has 1 aliphatic rings. The summed E-state index contributed by atoms with van der Waals surface area (Å²) in [4.78, 5) is 11.5. The molecule has 1 saturated carbocycles. The summed E-state index contributed by atoms with van der Waals surface area (Å²) in [5.41, 5.74) is -0.427. The molecule has 0 spiro atoms. The van der Waals surface area contributed by atoms with E-state index in [2.05, 4.69) is 10.6 Å². The fourth-order valence-corrected chi connectivity index (χ4v) is 1.74. The third-order valence-electron chi connectivity index (χ3n) is 2.60. The lowest BCUT2D eigenvalue weighted by Crippen LogP contribution is -2.53. The molecule has 0 unspecified atom stereocenters. The van der Waals surface area contributed by atoms with Gasteiger partial charge in [0.2, 0.25) is 0 Å². The third kappa shape index (κ3) is 5.89. The van der Waals surface area contributed by atoms with Gasteiger partial charge in [-0.1, -0.05) is 0 Å². The van der Waals surface area contributed by atoms with Gasteiger partial charge in [-0.05, 0) is 33.6 Å². The van der Waals surface area contributed by atoms with Gasteiger partial charge in [0.25, 0.3) is 0 Å². The molecular formula is C12H24N2O3. The molecule has 2 N–H and O–H groups in total. The SMILES string of the molecule is COCCNC1CC(NC(=O)OC(C)(C)C)C1. The number of ether oxygens (including phenoxy) is 2. The van der Waals surface area contributed by atoms with Crippen molar-refractivity contribution < 1.29 is 14.3 Å². The van der Waals surface area contributed by atoms with Crippen LogP contribution in [0.3, 0.4) is 0 Å². The first-order valence-corrected chi connectivity index (χ1v) is 6.12. The summed E-state index contributed by atoms with van der Waals surface area (Å²) in [6.07, 6.45) is 1.60. The van der Waals surface area contributed by atoms with E-state index in [1.807, 2.05) is 20.8 Å². The van der Waals surface area contributed by atoms with E-state index in [0.717, 1.165) is 26.0 Å². The normalized spacial score (nSPS) is 24.0. The predicted octanol–water partition coefficient (Wildman–Crippen LogP) is 1.28. The molecule has 100 valence electrons. The largest absolute Gasteiger partial charge is 0.444 e. The maximum absolute atomic E-state index is 11.5. The summed E-state index contributed by atoms with van der Waals surface area (Å²) in [6, 6.07) is 0.731. The Morgan fingerprint density at radius 1 is 1.29 bits per heavy atom. The van der Waals surface area contributed by atoms with Gasteiger partial charge >= 0.3 is 6.09 Å². The molecular weight excluding hydrogens is 220 g/mol. The number of hydrogen-bond donors (Lipinski definition) is 2. The molecule has 0 bridgehead atoms. The van der Waals surface area contributed by atoms with Gasteiger partial charge in [-0.2, -0.15) is 0 Å². The fourth-order valence-electron chi connectivity index (χ4n) is 1.74. The quantitative estimate of drug-likeness (QED) is 0.715. The van der Waals surface area contributed by atoms with Crippen molar-refractivity contribution in [1.29, 1.82) is 0 Å². The molecule has 1 rings (SSSR count). The number of alkyl carbamates (subject to hydrolysis) is 1. The number of hydrogen-bond acceptors (Lipinski definition) is 4. The second-order valence-corrected chi connectivity index (χ2v) is 5.46. The van der Waals surface area contributed by atoms with Crippen LogP contribution in [0.5, 0.6) is 0 Å². The zero-order valence-electron chi connectivity index (χ0n) is 11.2. The second-order valence-electron chi connectivity index (χ2n) is 5.46. The summed E-state index contributed by atoms with van der Waals surface area (Å²) in [5, 5.41) is 6.22. The molecule has 0 heterocycles. The van der Waals surface area contributed by atoms with Gasteiger partial charge < -0.3 is 20.1 Å². The summed E-state index contributed by atoms with van der Waals surface area (Å²) in [6.45, 7) is 7.17. The van der Waals surface area contributed by atoms with Gasteiger partial charge in [-0.15, -0.1) is 0 Å². The second kappa shape index (κ2) is 6.21. The summed E-state index contributed by atoms with van der Waals surface area (Å²) in [7, 11) is 1.69. The summed E-state index contributed by atoms with van der Waals surface area (Å²) < 4.78 is 10.1. The Morgan fingerprint density at radius 3 is 2.47 bits per heavy atom. The van der Waals surface area contributed by atoms with Crippen LogP contribution < -0.4 is 10.6 Å². The van der Waals surface area contributed by atoms with Crippen LogP contribution in [0.25, 0.3) is 0 Å². The number of amides is 1. The highest BCUT2D eigenvalue weighted by Gasteiger charge is 2.30. The van der Waals surface area contributed by atoms with Crippen molar-refractivity contribution in [2.75, 3.05) is 20.3 Å². The molecule has 1 fully saturated rings. The average molecular weight is 244 g/mol. The van der Waals surface area contributed by atoms with E-state index < -0.39 is 5.60 Å². The van der Waals surface area contributed by atoms with Crippen molar-refractivity contribution in [2.45, 2.75) is 51.3 Å². The van der Waals surface area contributed by atoms with Crippen molar-refractivity contribution >= 4 is 6.09 Å². The minimum Gasteiger partial charge on any atom is -0.444 e. The molecule has 0 aromatic carbocycles. The molecule has 1 aliphatic carbocycles. The molecule has 1 amide bonds. The van der Waals surface area contributed by atoms with E-state index in [4.69, 9.17) is 9.47 Å². The van der Waals surface area contributed by atoms with Crippen molar-refractivity contribution in [3.05, 3.63) is 0 Å². The van der Waals surface area contributed by atoms with E-state index in [9.17, 15) is 4.79 Å². The molecule has 5 heteroatoms. The van der Waals surface area contributed by atoms with E-state index in [1.165, 1.54) is 0 Å². The Balaban J connectivity index is 2.07. The minimum atomic E-state index is -0.427. The van der Waals surface area contributed by atoms with Crippen molar-refractivity contribution in [1.82, 2.24) is 10.6 Å². The average Bonchev–Trinajstić information content (AvgIpc) is 2.10. The van der Waals surface area contributed by atoms with Crippen LogP contribution in [0, 0.1) is 0 Å². The first-order chi connectivity index (χ1) is 7.90. The third-order valence-corrected chi connectivity index (χ3v) is 2.60. The maximum atomic E-state index is 11.5. The van der Waals surface area contributed by atoms with E-state index in [0.29, 0.717) is 6.04 Å². The van der Waals surface area contributed by atoms with Crippen LogP contribution in [0.1, 0.15) is 33.6 Å².